The highest BCUT2D eigenvalue weighted by molar-refractivity contribution is 7.16. The molecule has 1 fully saturated rings. The van der Waals surface area contributed by atoms with Crippen LogP contribution in [-0.2, 0) is 0 Å². The highest BCUT2D eigenvalue weighted by Gasteiger charge is 2.31. The second-order valence-electron chi connectivity index (χ2n) is 4.36. The molecule has 2 atom stereocenters. The van der Waals surface area contributed by atoms with Crippen LogP contribution in [0.1, 0.15) is 31.6 Å². The summed E-state index contributed by atoms with van der Waals surface area (Å²) in [5, 5.41) is 9.81. The van der Waals surface area contributed by atoms with Crippen molar-refractivity contribution in [2.45, 2.75) is 26.7 Å². The van der Waals surface area contributed by atoms with E-state index in [1.165, 1.54) is 24.2 Å². The molecule has 86 valence electrons. The lowest BCUT2D eigenvalue weighted by molar-refractivity contribution is 0.397. The largest absolute Gasteiger partial charge is 0.347 e. The highest BCUT2D eigenvalue weighted by atomic mass is 32.1. The monoisotopic (exact) mass is 235 g/mol. The van der Waals surface area contributed by atoms with Crippen LogP contribution in [0.3, 0.4) is 0 Å². The number of hydrogen-bond acceptors (Lipinski definition) is 4. The minimum absolute atomic E-state index is 0.711. The van der Waals surface area contributed by atoms with E-state index >= 15 is 0 Å². The average Bonchev–Trinajstić information content (AvgIpc) is 2.94. The Balaban J connectivity index is 2.10. The van der Waals surface area contributed by atoms with Gasteiger partial charge in [0.2, 0.25) is 0 Å². The van der Waals surface area contributed by atoms with Gasteiger partial charge in [-0.3, -0.25) is 0 Å². The molecule has 2 unspecified atom stereocenters. The zero-order valence-corrected chi connectivity index (χ0v) is 10.6. The smallest absolute Gasteiger partial charge is 0.186 e. The van der Waals surface area contributed by atoms with E-state index in [2.05, 4.69) is 29.8 Å². The van der Waals surface area contributed by atoms with Gasteiger partial charge in [0.15, 0.2) is 5.13 Å². The first kappa shape index (κ1) is 11.4. The Hall–Kier alpha value is -1.08. The Labute approximate surface area is 101 Å². The molecule has 0 aromatic carbocycles. The van der Waals surface area contributed by atoms with Gasteiger partial charge in [0.1, 0.15) is 10.9 Å². The third-order valence-electron chi connectivity index (χ3n) is 3.50. The van der Waals surface area contributed by atoms with Crippen LogP contribution < -0.4 is 4.90 Å². The fourth-order valence-corrected chi connectivity index (χ4v) is 3.21. The zero-order valence-electron chi connectivity index (χ0n) is 9.81. The molecule has 0 saturated carbocycles. The molecule has 1 aromatic rings. The number of rotatable bonds is 3. The van der Waals surface area contributed by atoms with Gasteiger partial charge in [-0.15, -0.1) is 0 Å². The van der Waals surface area contributed by atoms with Crippen molar-refractivity contribution in [1.29, 1.82) is 5.26 Å². The molecule has 1 aromatic heterocycles. The van der Waals surface area contributed by atoms with Crippen LogP contribution in [0.15, 0.2) is 6.20 Å². The fourth-order valence-electron chi connectivity index (χ4n) is 2.48. The van der Waals surface area contributed by atoms with E-state index < -0.39 is 0 Å². The first-order valence-electron chi connectivity index (χ1n) is 5.89. The summed E-state index contributed by atoms with van der Waals surface area (Å²) in [5.41, 5.74) is 0. The van der Waals surface area contributed by atoms with Crippen LogP contribution >= 0.6 is 11.3 Å². The number of nitrogens with zero attached hydrogens (tertiary/aromatic N) is 3. The number of thiazole rings is 1. The maximum atomic E-state index is 8.79. The van der Waals surface area contributed by atoms with Gasteiger partial charge in [-0.25, -0.2) is 4.98 Å². The summed E-state index contributed by atoms with van der Waals surface area (Å²) in [4.78, 5) is 7.38. The number of aromatic nitrogens is 1. The Morgan fingerprint density at radius 2 is 2.06 bits per heavy atom. The fraction of sp³-hybridized carbons (Fsp3) is 0.667. The van der Waals surface area contributed by atoms with Crippen molar-refractivity contribution in [2.24, 2.45) is 11.8 Å². The molecule has 0 radical (unpaired) electrons. The second kappa shape index (κ2) is 4.84. The predicted molar refractivity (Wildman–Crippen MR) is 66.6 cm³/mol. The molecular weight excluding hydrogens is 218 g/mol. The SMILES string of the molecule is CCC1CN(c2ncc(C#N)s2)CC1CC. The summed E-state index contributed by atoms with van der Waals surface area (Å²) in [6, 6.07) is 2.15. The van der Waals surface area contributed by atoms with Crippen molar-refractivity contribution >= 4 is 16.5 Å². The van der Waals surface area contributed by atoms with Crippen LogP contribution in [0.2, 0.25) is 0 Å². The van der Waals surface area contributed by atoms with Crippen molar-refractivity contribution in [3.05, 3.63) is 11.1 Å². The molecule has 1 aliphatic rings. The standard InChI is InChI=1S/C12H17N3S/c1-3-9-7-15(8-10(9)4-2)12-14-6-11(5-13)16-12/h6,9-10H,3-4,7-8H2,1-2H3. The first-order chi connectivity index (χ1) is 7.78. The first-order valence-corrected chi connectivity index (χ1v) is 6.71. The molecule has 0 N–H and O–H groups in total. The highest BCUT2D eigenvalue weighted by Crippen LogP contribution is 2.33. The van der Waals surface area contributed by atoms with E-state index in [0.29, 0.717) is 4.88 Å². The summed E-state index contributed by atoms with van der Waals surface area (Å²) >= 11 is 1.51. The average molecular weight is 235 g/mol. The van der Waals surface area contributed by atoms with Crippen LogP contribution in [0.5, 0.6) is 0 Å². The lowest BCUT2D eigenvalue weighted by Crippen LogP contribution is -2.19. The van der Waals surface area contributed by atoms with Crippen molar-refractivity contribution in [1.82, 2.24) is 4.98 Å². The molecule has 2 rings (SSSR count). The lowest BCUT2D eigenvalue weighted by atomic mass is 9.92. The summed E-state index contributed by atoms with van der Waals surface area (Å²) in [6.45, 7) is 6.74. The zero-order chi connectivity index (χ0) is 11.5. The Bertz CT molecular complexity index is 381. The van der Waals surface area contributed by atoms with Crippen molar-refractivity contribution < 1.29 is 0 Å². The van der Waals surface area contributed by atoms with Gasteiger partial charge in [0.05, 0.1) is 6.20 Å². The Morgan fingerprint density at radius 1 is 1.44 bits per heavy atom. The molecule has 2 heterocycles. The van der Waals surface area contributed by atoms with Gasteiger partial charge >= 0.3 is 0 Å². The summed E-state index contributed by atoms with van der Waals surface area (Å²) < 4.78 is 0. The molecule has 0 aliphatic carbocycles. The van der Waals surface area contributed by atoms with Crippen LogP contribution in [0.4, 0.5) is 5.13 Å². The summed E-state index contributed by atoms with van der Waals surface area (Å²) in [7, 11) is 0. The van der Waals surface area contributed by atoms with Gasteiger partial charge in [-0.05, 0) is 11.8 Å². The van der Waals surface area contributed by atoms with Crippen molar-refractivity contribution in [3.63, 3.8) is 0 Å². The Kier molecular flexibility index (Phi) is 3.45. The quantitative estimate of drug-likeness (QED) is 0.808. The van der Waals surface area contributed by atoms with E-state index in [4.69, 9.17) is 5.26 Å². The minimum Gasteiger partial charge on any atom is -0.347 e. The molecular formula is C12H17N3S. The van der Waals surface area contributed by atoms with Gasteiger partial charge in [-0.2, -0.15) is 5.26 Å². The molecule has 1 saturated heterocycles. The third kappa shape index (κ3) is 2.05. The van der Waals surface area contributed by atoms with Crippen LogP contribution in [0, 0.1) is 23.2 Å². The van der Waals surface area contributed by atoms with Gasteiger partial charge < -0.3 is 4.90 Å². The topological polar surface area (TPSA) is 39.9 Å². The third-order valence-corrected chi connectivity index (χ3v) is 4.46. The van der Waals surface area contributed by atoms with E-state index in [1.54, 1.807) is 6.20 Å². The summed E-state index contributed by atoms with van der Waals surface area (Å²) in [6.07, 6.45) is 4.16. The van der Waals surface area contributed by atoms with E-state index in [1.807, 2.05) is 0 Å². The lowest BCUT2D eigenvalue weighted by Gasteiger charge is -2.13. The molecule has 0 spiro atoms. The molecule has 0 bridgehead atoms. The number of hydrogen-bond donors (Lipinski definition) is 0. The van der Waals surface area contributed by atoms with E-state index in [0.717, 1.165) is 30.1 Å². The van der Waals surface area contributed by atoms with Gasteiger partial charge in [0, 0.05) is 13.1 Å². The number of nitriles is 1. The van der Waals surface area contributed by atoms with Crippen LogP contribution in [0.25, 0.3) is 0 Å². The number of anilines is 1. The molecule has 16 heavy (non-hydrogen) atoms. The normalized spacial score (nSPS) is 24.7. The van der Waals surface area contributed by atoms with E-state index in [-0.39, 0.29) is 0 Å². The Morgan fingerprint density at radius 3 is 2.50 bits per heavy atom. The molecule has 4 heteroatoms. The predicted octanol–water partition coefficient (Wildman–Crippen LogP) is 2.89. The molecule has 3 nitrogen and oxygen atoms in total. The minimum atomic E-state index is 0.711. The van der Waals surface area contributed by atoms with Crippen molar-refractivity contribution in [3.8, 4) is 6.07 Å². The molecule has 0 amide bonds. The maximum Gasteiger partial charge on any atom is 0.186 e. The van der Waals surface area contributed by atoms with Crippen LogP contribution in [-0.4, -0.2) is 18.1 Å². The van der Waals surface area contributed by atoms with E-state index in [9.17, 15) is 0 Å². The summed E-state index contributed by atoms with van der Waals surface area (Å²) in [5.74, 6) is 1.58. The van der Waals surface area contributed by atoms with Gasteiger partial charge in [-0.1, -0.05) is 38.0 Å². The second-order valence-corrected chi connectivity index (χ2v) is 5.37. The maximum absolute atomic E-state index is 8.79. The molecule has 1 aliphatic heterocycles. The van der Waals surface area contributed by atoms with Crippen molar-refractivity contribution in [2.75, 3.05) is 18.0 Å². The van der Waals surface area contributed by atoms with Gasteiger partial charge in [0.25, 0.3) is 0 Å².